The number of para-hydroxylation sites is 1. The summed E-state index contributed by atoms with van der Waals surface area (Å²) in [5.41, 5.74) is 8.10. The highest BCUT2D eigenvalue weighted by atomic mass is 79.9. The first kappa shape index (κ1) is 12.1. The van der Waals surface area contributed by atoms with Crippen molar-refractivity contribution in [3.8, 4) is 0 Å². The third-order valence-corrected chi connectivity index (χ3v) is 3.09. The van der Waals surface area contributed by atoms with Crippen LogP contribution in [0.5, 0.6) is 0 Å². The largest absolute Gasteiger partial charge is 0.377 e. The second-order valence-corrected chi connectivity index (χ2v) is 4.77. The van der Waals surface area contributed by atoms with Crippen LogP contribution in [-0.4, -0.2) is 6.54 Å². The minimum Gasteiger partial charge on any atom is -0.377 e. The first-order valence-corrected chi connectivity index (χ1v) is 6.36. The molecule has 2 nitrogen and oxygen atoms in total. The molecule has 0 fully saturated rings. The highest BCUT2D eigenvalue weighted by Crippen LogP contribution is 2.21. The maximum absolute atomic E-state index is 5.82. The van der Waals surface area contributed by atoms with E-state index in [9.17, 15) is 0 Å². The van der Waals surface area contributed by atoms with E-state index in [0.29, 0.717) is 6.54 Å². The van der Waals surface area contributed by atoms with Crippen LogP contribution in [0.4, 0.5) is 5.69 Å². The van der Waals surface area contributed by atoms with Crippen LogP contribution < -0.4 is 11.1 Å². The zero-order valence-electron chi connectivity index (χ0n) is 9.44. The van der Waals surface area contributed by atoms with Gasteiger partial charge in [0.2, 0.25) is 0 Å². The summed E-state index contributed by atoms with van der Waals surface area (Å²) in [6.07, 6.45) is 0. The molecular formula is C14H15BrN2. The fraction of sp³-hybridized carbons (Fsp3) is 0.143. The van der Waals surface area contributed by atoms with E-state index in [1.54, 1.807) is 0 Å². The molecule has 1 atom stereocenters. The molecule has 0 radical (unpaired) electrons. The van der Waals surface area contributed by atoms with Crippen molar-refractivity contribution in [2.75, 3.05) is 11.9 Å². The quantitative estimate of drug-likeness (QED) is 0.904. The number of anilines is 1. The van der Waals surface area contributed by atoms with Gasteiger partial charge in [0.1, 0.15) is 0 Å². The molecule has 0 aliphatic heterocycles. The molecule has 0 aliphatic rings. The summed E-state index contributed by atoms with van der Waals surface area (Å²) < 4.78 is 1.07. The molecule has 0 bridgehead atoms. The molecule has 2 rings (SSSR count). The Balaban J connectivity index is 2.17. The molecule has 17 heavy (non-hydrogen) atoms. The van der Waals surface area contributed by atoms with Crippen molar-refractivity contribution in [2.45, 2.75) is 6.04 Å². The predicted octanol–water partition coefficient (Wildman–Crippen LogP) is 3.56. The van der Waals surface area contributed by atoms with Gasteiger partial charge in [0.15, 0.2) is 0 Å². The van der Waals surface area contributed by atoms with Gasteiger partial charge < -0.3 is 11.1 Å². The van der Waals surface area contributed by atoms with Crippen LogP contribution in [0.2, 0.25) is 0 Å². The van der Waals surface area contributed by atoms with Gasteiger partial charge in [-0.3, -0.25) is 0 Å². The van der Waals surface area contributed by atoms with E-state index in [1.165, 1.54) is 5.56 Å². The Labute approximate surface area is 110 Å². The molecule has 0 saturated carbocycles. The van der Waals surface area contributed by atoms with Crippen LogP contribution in [0, 0.1) is 0 Å². The van der Waals surface area contributed by atoms with Crippen molar-refractivity contribution >= 4 is 21.6 Å². The standard InChI is InChI=1S/C14H15BrN2/c15-12-6-4-5-11(9-12)14(10-16)17-13-7-2-1-3-8-13/h1-9,14,17H,10,16H2. The fourth-order valence-electron chi connectivity index (χ4n) is 1.74. The molecule has 0 aliphatic carbocycles. The normalized spacial score (nSPS) is 12.1. The first-order valence-electron chi connectivity index (χ1n) is 5.56. The number of halogens is 1. The SMILES string of the molecule is NCC(Nc1ccccc1)c1cccc(Br)c1. The zero-order valence-corrected chi connectivity index (χ0v) is 11.0. The molecular weight excluding hydrogens is 276 g/mol. The van der Waals surface area contributed by atoms with Gasteiger partial charge in [-0.1, -0.05) is 46.3 Å². The molecule has 0 aromatic heterocycles. The Morgan fingerprint density at radius 2 is 1.82 bits per heavy atom. The third kappa shape index (κ3) is 3.32. The van der Waals surface area contributed by atoms with Crippen LogP contribution in [0.3, 0.4) is 0 Å². The van der Waals surface area contributed by atoms with E-state index < -0.39 is 0 Å². The summed E-state index contributed by atoms with van der Waals surface area (Å²) in [4.78, 5) is 0. The van der Waals surface area contributed by atoms with E-state index in [4.69, 9.17) is 5.73 Å². The molecule has 0 spiro atoms. The summed E-state index contributed by atoms with van der Waals surface area (Å²) in [6, 6.07) is 18.5. The topological polar surface area (TPSA) is 38.0 Å². The lowest BCUT2D eigenvalue weighted by Gasteiger charge is -2.18. The Morgan fingerprint density at radius 1 is 1.06 bits per heavy atom. The van der Waals surface area contributed by atoms with Crippen molar-refractivity contribution in [3.05, 3.63) is 64.6 Å². The highest BCUT2D eigenvalue weighted by molar-refractivity contribution is 9.10. The lowest BCUT2D eigenvalue weighted by Crippen LogP contribution is -2.20. The van der Waals surface area contributed by atoms with E-state index >= 15 is 0 Å². The van der Waals surface area contributed by atoms with Gasteiger partial charge in [-0.25, -0.2) is 0 Å². The van der Waals surface area contributed by atoms with Crippen LogP contribution in [0.1, 0.15) is 11.6 Å². The van der Waals surface area contributed by atoms with E-state index in [2.05, 4.69) is 33.4 Å². The van der Waals surface area contributed by atoms with Gasteiger partial charge in [-0.05, 0) is 29.8 Å². The lowest BCUT2D eigenvalue weighted by molar-refractivity contribution is 0.789. The Bertz CT molecular complexity index is 471. The molecule has 0 saturated heterocycles. The van der Waals surface area contributed by atoms with Gasteiger partial charge in [-0.2, -0.15) is 0 Å². The van der Waals surface area contributed by atoms with Crippen molar-refractivity contribution in [3.63, 3.8) is 0 Å². The van der Waals surface area contributed by atoms with Crippen LogP contribution >= 0.6 is 15.9 Å². The molecule has 2 aromatic rings. The summed E-state index contributed by atoms with van der Waals surface area (Å²) in [7, 11) is 0. The molecule has 88 valence electrons. The lowest BCUT2D eigenvalue weighted by atomic mass is 10.1. The smallest absolute Gasteiger partial charge is 0.0636 e. The number of hydrogen-bond acceptors (Lipinski definition) is 2. The molecule has 3 N–H and O–H groups in total. The van der Waals surface area contributed by atoms with Crippen LogP contribution in [-0.2, 0) is 0 Å². The Morgan fingerprint density at radius 3 is 2.47 bits per heavy atom. The van der Waals surface area contributed by atoms with Crippen LogP contribution in [0.15, 0.2) is 59.1 Å². The minimum atomic E-state index is 0.134. The fourth-order valence-corrected chi connectivity index (χ4v) is 2.15. The Kier molecular flexibility index (Phi) is 4.18. The molecule has 3 heteroatoms. The summed E-state index contributed by atoms with van der Waals surface area (Å²) >= 11 is 3.48. The average molecular weight is 291 g/mol. The van der Waals surface area contributed by atoms with Gasteiger partial charge in [0.05, 0.1) is 6.04 Å². The molecule has 2 aromatic carbocycles. The van der Waals surface area contributed by atoms with Crippen LogP contribution in [0.25, 0.3) is 0 Å². The number of benzene rings is 2. The number of nitrogens with two attached hydrogens (primary N) is 1. The first-order chi connectivity index (χ1) is 8.29. The molecule has 0 amide bonds. The number of hydrogen-bond donors (Lipinski definition) is 2. The van der Waals surface area contributed by atoms with Crippen molar-refractivity contribution < 1.29 is 0 Å². The van der Waals surface area contributed by atoms with Crippen molar-refractivity contribution in [1.29, 1.82) is 0 Å². The van der Waals surface area contributed by atoms with Crippen molar-refractivity contribution in [1.82, 2.24) is 0 Å². The summed E-state index contributed by atoms with van der Waals surface area (Å²) in [5.74, 6) is 0. The maximum Gasteiger partial charge on any atom is 0.0636 e. The molecule has 1 unspecified atom stereocenters. The Hall–Kier alpha value is -1.32. The number of nitrogens with one attached hydrogen (secondary N) is 1. The summed E-state index contributed by atoms with van der Waals surface area (Å²) in [6.45, 7) is 0.561. The second-order valence-electron chi connectivity index (χ2n) is 3.85. The predicted molar refractivity (Wildman–Crippen MR) is 76.0 cm³/mol. The number of rotatable bonds is 4. The maximum atomic E-state index is 5.82. The zero-order chi connectivity index (χ0) is 12.1. The van der Waals surface area contributed by atoms with E-state index in [1.807, 2.05) is 42.5 Å². The van der Waals surface area contributed by atoms with E-state index in [0.717, 1.165) is 10.2 Å². The van der Waals surface area contributed by atoms with Crippen molar-refractivity contribution in [2.24, 2.45) is 5.73 Å². The average Bonchev–Trinajstić information content (AvgIpc) is 2.37. The van der Waals surface area contributed by atoms with E-state index in [-0.39, 0.29) is 6.04 Å². The van der Waals surface area contributed by atoms with Gasteiger partial charge >= 0.3 is 0 Å². The third-order valence-electron chi connectivity index (χ3n) is 2.60. The molecule has 0 heterocycles. The van der Waals surface area contributed by atoms with Gasteiger partial charge in [-0.15, -0.1) is 0 Å². The minimum absolute atomic E-state index is 0.134. The second kappa shape index (κ2) is 5.84. The monoisotopic (exact) mass is 290 g/mol. The highest BCUT2D eigenvalue weighted by Gasteiger charge is 2.09. The summed E-state index contributed by atoms with van der Waals surface area (Å²) in [5, 5.41) is 3.43. The van der Waals surface area contributed by atoms with Gasteiger partial charge in [0.25, 0.3) is 0 Å². The van der Waals surface area contributed by atoms with Gasteiger partial charge in [0, 0.05) is 16.7 Å².